The summed E-state index contributed by atoms with van der Waals surface area (Å²) < 4.78 is 66.9. The Balaban J connectivity index is 0.797. The number of nitrogen functional groups attached to an aromatic ring is 1. The number of piperazine rings is 1. The maximum absolute atomic E-state index is 16.8. The molecule has 20 heteroatoms. The van der Waals surface area contributed by atoms with Crippen LogP contribution in [0, 0.1) is 5.82 Å². The number of anilines is 3. The first-order valence-corrected chi connectivity index (χ1v) is 23.6. The van der Waals surface area contributed by atoms with Crippen LogP contribution in [-0.2, 0) is 42.7 Å². The van der Waals surface area contributed by atoms with E-state index >= 15 is 4.39 Å². The van der Waals surface area contributed by atoms with Gasteiger partial charge in [-0.2, -0.15) is 4.98 Å². The van der Waals surface area contributed by atoms with Crippen molar-refractivity contribution in [1.29, 1.82) is 0 Å². The second-order valence-corrected chi connectivity index (χ2v) is 16.3. The van der Waals surface area contributed by atoms with E-state index < -0.39 is 5.82 Å². The number of ether oxygens (including phenoxy) is 9. The number of nitrogens with zero attached hydrogens (tertiary/aromatic N) is 4. The molecule has 0 spiro atoms. The second-order valence-electron chi connectivity index (χ2n) is 15.4. The van der Waals surface area contributed by atoms with E-state index in [1.807, 2.05) is 29.2 Å². The number of carbonyl (C=O) groups excluding carboxylic acids is 1. The standard InChI is InChI=1S/C49H61Cl2FN6O11/c1-2-44(60)57-8-10-58(11-9-57)48-42-34-43(51)45(41-33-38(59)29-35-5-3-4-6-40(35)41)46(52)47(42)55-49(56-48)54-7-12-61-13-14-62-15-16-63-17-18-64-19-20-65-21-22-66-23-24-67-25-26-68-27-28-69-39-31-36(50)30-37(53)32-39/h2-6,29-34,59H,1,7-28,53H2,(H,54,55,56). The first-order valence-electron chi connectivity index (χ1n) is 22.8. The Morgan fingerprint density at radius 3 is 1.83 bits per heavy atom. The minimum Gasteiger partial charge on any atom is -0.508 e. The third-order valence-electron chi connectivity index (χ3n) is 10.6. The van der Waals surface area contributed by atoms with E-state index in [9.17, 15) is 9.90 Å². The number of hydrogen-bond acceptors (Lipinski definition) is 16. The van der Waals surface area contributed by atoms with Crippen LogP contribution in [0.15, 0.2) is 73.3 Å². The molecular weight excluding hydrogens is 938 g/mol. The summed E-state index contributed by atoms with van der Waals surface area (Å²) in [7, 11) is 0. The normalized spacial score (nSPS) is 12.9. The van der Waals surface area contributed by atoms with Gasteiger partial charge in [-0.1, -0.05) is 54.0 Å². The van der Waals surface area contributed by atoms with E-state index in [0.29, 0.717) is 178 Å². The fraction of sp³-hybridized carbons (Fsp3) is 0.449. The molecule has 1 saturated heterocycles. The Labute approximate surface area is 411 Å². The molecule has 1 aromatic heterocycles. The van der Waals surface area contributed by atoms with Gasteiger partial charge in [0.2, 0.25) is 11.9 Å². The molecule has 374 valence electrons. The number of nitrogens with two attached hydrogens (primary N) is 1. The number of fused-ring (bicyclic) bond motifs is 2. The highest BCUT2D eigenvalue weighted by Gasteiger charge is 2.26. The number of phenols is 1. The van der Waals surface area contributed by atoms with E-state index in [2.05, 4.69) is 16.9 Å². The molecule has 4 aromatic carbocycles. The number of amides is 1. The van der Waals surface area contributed by atoms with Gasteiger partial charge >= 0.3 is 0 Å². The molecule has 1 aliphatic heterocycles. The molecule has 1 aliphatic rings. The van der Waals surface area contributed by atoms with Gasteiger partial charge in [0.15, 0.2) is 5.82 Å². The van der Waals surface area contributed by atoms with Crippen LogP contribution >= 0.6 is 23.2 Å². The maximum atomic E-state index is 16.8. The van der Waals surface area contributed by atoms with Crippen LogP contribution in [0.25, 0.3) is 32.8 Å². The Bertz CT molecular complexity index is 2380. The second kappa shape index (κ2) is 29.2. The van der Waals surface area contributed by atoms with Crippen LogP contribution in [0.5, 0.6) is 11.5 Å². The molecule has 2 heterocycles. The lowest BCUT2D eigenvalue weighted by Gasteiger charge is -2.35. The zero-order chi connectivity index (χ0) is 48.6. The van der Waals surface area contributed by atoms with Crippen molar-refractivity contribution in [3.05, 3.63) is 89.2 Å². The van der Waals surface area contributed by atoms with E-state index in [1.165, 1.54) is 12.1 Å². The lowest BCUT2D eigenvalue weighted by molar-refractivity contribution is -0.126. The van der Waals surface area contributed by atoms with Gasteiger partial charge in [0.05, 0.1) is 111 Å². The van der Waals surface area contributed by atoms with E-state index in [0.717, 1.165) is 10.8 Å². The molecule has 1 fully saturated rings. The van der Waals surface area contributed by atoms with Gasteiger partial charge in [0.1, 0.15) is 29.4 Å². The minimum atomic E-state index is -0.645. The zero-order valence-electron chi connectivity index (χ0n) is 38.6. The summed E-state index contributed by atoms with van der Waals surface area (Å²) in [5.41, 5.74) is 6.92. The van der Waals surface area contributed by atoms with Crippen LogP contribution < -0.4 is 20.7 Å². The third-order valence-corrected chi connectivity index (χ3v) is 11.1. The molecule has 17 nitrogen and oxygen atoms in total. The summed E-state index contributed by atoms with van der Waals surface area (Å²) in [6.07, 6.45) is 1.29. The number of aromatic hydroxyl groups is 1. The van der Waals surface area contributed by atoms with Crippen molar-refractivity contribution in [2.45, 2.75) is 0 Å². The molecule has 0 unspecified atom stereocenters. The molecule has 6 rings (SSSR count). The topological polar surface area (TPSA) is 191 Å². The van der Waals surface area contributed by atoms with E-state index in [4.69, 9.17) is 76.6 Å². The van der Waals surface area contributed by atoms with Crippen molar-refractivity contribution in [2.24, 2.45) is 0 Å². The Morgan fingerprint density at radius 2 is 1.26 bits per heavy atom. The van der Waals surface area contributed by atoms with Crippen LogP contribution in [0.3, 0.4) is 0 Å². The number of phenolic OH excluding ortho intramolecular Hbond substituents is 1. The number of carbonyl (C=O) groups is 1. The Hall–Kier alpha value is -5.12. The first-order chi connectivity index (χ1) is 33.7. The third kappa shape index (κ3) is 17.1. The van der Waals surface area contributed by atoms with Crippen molar-refractivity contribution in [3.8, 4) is 22.6 Å². The van der Waals surface area contributed by atoms with Crippen LogP contribution in [0.4, 0.5) is 21.8 Å². The number of rotatable bonds is 32. The molecular formula is C49H61Cl2FN6O11. The van der Waals surface area contributed by atoms with Crippen LogP contribution in [0.1, 0.15) is 0 Å². The SMILES string of the molecule is C=CC(=O)N1CCN(c2nc(NCCOCCOCCOCCOCCOCCOCCOCCOCCOc3cc(N)cc(Cl)c3)nc3c(F)c(-c4cc(O)cc5ccccc45)c(Cl)cc23)CC1. The average Bonchev–Trinajstić information content (AvgIpc) is 3.34. The summed E-state index contributed by atoms with van der Waals surface area (Å²) in [6, 6.07) is 17.2. The molecule has 0 aliphatic carbocycles. The van der Waals surface area contributed by atoms with Crippen LogP contribution in [0.2, 0.25) is 10.0 Å². The number of benzene rings is 4. The van der Waals surface area contributed by atoms with Gasteiger partial charge in [0, 0.05) is 60.4 Å². The van der Waals surface area contributed by atoms with Gasteiger partial charge in [-0.05, 0) is 52.7 Å². The molecule has 0 radical (unpaired) electrons. The summed E-state index contributed by atoms with van der Waals surface area (Å²) in [4.78, 5) is 25.4. The molecule has 0 atom stereocenters. The van der Waals surface area contributed by atoms with Gasteiger partial charge in [-0.25, -0.2) is 9.37 Å². The quantitative estimate of drug-likeness (QED) is 0.0236. The van der Waals surface area contributed by atoms with Gasteiger partial charge in [0.25, 0.3) is 0 Å². The molecule has 69 heavy (non-hydrogen) atoms. The average molecular weight is 1000 g/mol. The Morgan fingerprint density at radius 1 is 0.710 bits per heavy atom. The lowest BCUT2D eigenvalue weighted by Crippen LogP contribution is -2.48. The highest BCUT2D eigenvalue weighted by molar-refractivity contribution is 6.35. The largest absolute Gasteiger partial charge is 0.508 e. The van der Waals surface area contributed by atoms with Gasteiger partial charge < -0.3 is 68.6 Å². The highest BCUT2D eigenvalue weighted by atomic mass is 35.5. The van der Waals surface area contributed by atoms with Gasteiger partial charge in [-0.3, -0.25) is 4.79 Å². The van der Waals surface area contributed by atoms with Crippen molar-refractivity contribution >= 4 is 68.2 Å². The summed E-state index contributed by atoms with van der Waals surface area (Å²) >= 11 is 12.8. The fourth-order valence-electron chi connectivity index (χ4n) is 7.28. The Kier molecular flexibility index (Phi) is 22.5. The molecule has 0 bridgehead atoms. The van der Waals surface area contributed by atoms with Crippen LogP contribution in [-0.4, -0.2) is 171 Å². The number of hydrogen-bond donors (Lipinski definition) is 3. The zero-order valence-corrected chi connectivity index (χ0v) is 40.2. The maximum Gasteiger partial charge on any atom is 0.246 e. The number of aromatic nitrogens is 2. The van der Waals surface area contributed by atoms with Crippen molar-refractivity contribution in [1.82, 2.24) is 14.9 Å². The van der Waals surface area contributed by atoms with Crippen molar-refractivity contribution in [3.63, 3.8) is 0 Å². The number of nitrogens with one attached hydrogen (secondary N) is 1. The summed E-state index contributed by atoms with van der Waals surface area (Å²) in [5, 5.41) is 16.3. The minimum absolute atomic E-state index is 0.0183. The number of halogens is 3. The van der Waals surface area contributed by atoms with E-state index in [1.54, 1.807) is 35.2 Å². The predicted molar refractivity (Wildman–Crippen MR) is 265 cm³/mol. The summed E-state index contributed by atoms with van der Waals surface area (Å²) in [6.45, 7) is 12.9. The first kappa shape index (κ1) is 53.2. The smallest absolute Gasteiger partial charge is 0.246 e. The summed E-state index contributed by atoms with van der Waals surface area (Å²) in [5.74, 6) is 0.472. The predicted octanol–water partition coefficient (Wildman–Crippen LogP) is 6.64. The molecule has 4 N–H and O–H groups in total. The molecule has 1 amide bonds. The lowest BCUT2D eigenvalue weighted by atomic mass is 9.96. The van der Waals surface area contributed by atoms with Crippen molar-refractivity contribution < 1.29 is 56.9 Å². The monoisotopic (exact) mass is 998 g/mol. The molecule has 0 saturated carbocycles. The highest BCUT2D eigenvalue weighted by Crippen LogP contribution is 2.42. The molecule has 5 aromatic rings. The fourth-order valence-corrected chi connectivity index (χ4v) is 7.81. The van der Waals surface area contributed by atoms with Crippen molar-refractivity contribution in [2.75, 3.05) is 161 Å². The van der Waals surface area contributed by atoms with Gasteiger partial charge in [-0.15, -0.1) is 0 Å². The van der Waals surface area contributed by atoms with E-state index in [-0.39, 0.29) is 33.7 Å².